The Kier molecular flexibility index (Phi) is 2.79. The smallest absolute Gasteiger partial charge is 0.182 e. The Bertz CT molecular complexity index is 809. The Labute approximate surface area is 113 Å². The summed E-state index contributed by atoms with van der Waals surface area (Å²) in [7, 11) is 1.54. The maximum Gasteiger partial charge on any atom is 0.182 e. The van der Waals surface area contributed by atoms with Crippen molar-refractivity contribution < 1.29 is 9.13 Å². The molecule has 0 fully saturated rings. The molecule has 96 valence electrons. The molecule has 6 heteroatoms. The first-order valence-corrected chi connectivity index (χ1v) is 6.00. The van der Waals surface area contributed by atoms with Gasteiger partial charge in [0.25, 0.3) is 0 Å². The number of ether oxygens (including phenoxy) is 1. The van der Waals surface area contributed by atoms with Gasteiger partial charge in [-0.1, -0.05) is 0 Å². The first-order valence-electron chi connectivity index (χ1n) is 5.59. The second-order valence-corrected chi connectivity index (χ2v) is 4.36. The Morgan fingerprint density at radius 3 is 3.00 bits per heavy atom. The summed E-state index contributed by atoms with van der Waals surface area (Å²) in [4.78, 5) is 7.01. The number of nitrogens with one attached hydrogen (secondary N) is 1. The average molecular weight is 275 g/mol. The molecular weight excluding hydrogens is 265 g/mol. The van der Waals surface area contributed by atoms with Crippen molar-refractivity contribution >= 4 is 23.3 Å². The van der Waals surface area contributed by atoms with Gasteiger partial charge in [0.15, 0.2) is 4.77 Å². The summed E-state index contributed by atoms with van der Waals surface area (Å²) in [5.74, 6) is 0.205. The molecule has 1 aromatic carbocycles. The highest BCUT2D eigenvalue weighted by Gasteiger charge is 2.11. The van der Waals surface area contributed by atoms with Gasteiger partial charge in [-0.05, 0) is 30.4 Å². The molecule has 0 atom stereocenters. The molecule has 3 aromatic rings. The SMILES string of the molecule is COc1ccc(F)c(-n2c(=S)[nH]c3cnccc32)c1. The highest BCUT2D eigenvalue weighted by molar-refractivity contribution is 7.71. The number of nitrogens with zero attached hydrogens (tertiary/aromatic N) is 2. The zero-order valence-electron chi connectivity index (χ0n) is 10.1. The van der Waals surface area contributed by atoms with Gasteiger partial charge in [0.05, 0.1) is 30.0 Å². The Morgan fingerprint density at radius 2 is 2.21 bits per heavy atom. The van der Waals surface area contributed by atoms with Crippen LogP contribution in [0, 0.1) is 10.6 Å². The summed E-state index contributed by atoms with van der Waals surface area (Å²) in [6.45, 7) is 0. The van der Waals surface area contributed by atoms with Crippen LogP contribution in [0.4, 0.5) is 4.39 Å². The fourth-order valence-corrected chi connectivity index (χ4v) is 2.30. The lowest BCUT2D eigenvalue weighted by Gasteiger charge is -2.08. The largest absolute Gasteiger partial charge is 0.497 e. The number of hydrogen-bond donors (Lipinski definition) is 1. The van der Waals surface area contributed by atoms with Crippen LogP contribution < -0.4 is 4.74 Å². The molecule has 0 unspecified atom stereocenters. The van der Waals surface area contributed by atoms with E-state index in [0.717, 1.165) is 11.0 Å². The second-order valence-electron chi connectivity index (χ2n) is 3.98. The van der Waals surface area contributed by atoms with Crippen molar-refractivity contribution in [3.05, 3.63) is 47.2 Å². The minimum Gasteiger partial charge on any atom is -0.497 e. The Morgan fingerprint density at radius 1 is 1.37 bits per heavy atom. The third kappa shape index (κ3) is 1.90. The first-order chi connectivity index (χ1) is 9.20. The van der Waals surface area contributed by atoms with E-state index in [1.165, 1.54) is 13.2 Å². The van der Waals surface area contributed by atoms with Crippen LogP contribution in [0.5, 0.6) is 5.75 Å². The number of aromatic amines is 1. The molecule has 3 rings (SSSR count). The molecule has 0 spiro atoms. The van der Waals surface area contributed by atoms with Crippen LogP contribution in [-0.2, 0) is 0 Å². The van der Waals surface area contributed by atoms with Gasteiger partial charge in [-0.3, -0.25) is 9.55 Å². The fourth-order valence-electron chi connectivity index (χ4n) is 1.99. The van der Waals surface area contributed by atoms with E-state index in [4.69, 9.17) is 17.0 Å². The van der Waals surface area contributed by atoms with Gasteiger partial charge in [-0.2, -0.15) is 0 Å². The molecule has 0 radical (unpaired) electrons. The topological polar surface area (TPSA) is 42.8 Å². The number of methoxy groups -OCH3 is 1. The summed E-state index contributed by atoms with van der Waals surface area (Å²) in [5.41, 5.74) is 1.88. The number of aromatic nitrogens is 3. The number of hydrogen-bond acceptors (Lipinski definition) is 3. The summed E-state index contributed by atoms with van der Waals surface area (Å²) in [6.07, 6.45) is 3.29. The monoisotopic (exact) mass is 275 g/mol. The number of imidazole rings is 1. The maximum absolute atomic E-state index is 14.0. The maximum atomic E-state index is 14.0. The van der Waals surface area contributed by atoms with E-state index in [1.807, 2.05) is 0 Å². The second kappa shape index (κ2) is 4.47. The number of benzene rings is 1. The minimum atomic E-state index is -0.366. The molecular formula is C13H10FN3OS. The third-order valence-corrected chi connectivity index (χ3v) is 3.16. The predicted octanol–water partition coefficient (Wildman–Crippen LogP) is 3.23. The summed E-state index contributed by atoms with van der Waals surface area (Å²) in [5, 5.41) is 0. The van der Waals surface area contributed by atoms with Crippen molar-refractivity contribution in [3.8, 4) is 11.4 Å². The summed E-state index contributed by atoms with van der Waals surface area (Å²) < 4.78 is 21.2. The van der Waals surface area contributed by atoms with Crippen molar-refractivity contribution in [1.29, 1.82) is 0 Å². The van der Waals surface area contributed by atoms with Crippen molar-refractivity contribution in [2.75, 3.05) is 7.11 Å². The number of H-pyrrole nitrogens is 1. The van der Waals surface area contributed by atoms with E-state index in [9.17, 15) is 4.39 Å². The molecule has 0 amide bonds. The van der Waals surface area contributed by atoms with Gasteiger partial charge < -0.3 is 9.72 Å². The van der Waals surface area contributed by atoms with Crippen LogP contribution in [0.15, 0.2) is 36.7 Å². The van der Waals surface area contributed by atoms with Gasteiger partial charge in [-0.15, -0.1) is 0 Å². The molecule has 0 saturated heterocycles. The average Bonchev–Trinajstić information content (AvgIpc) is 2.75. The molecule has 2 aromatic heterocycles. The Hall–Kier alpha value is -2.21. The van der Waals surface area contributed by atoms with E-state index < -0.39 is 0 Å². The highest BCUT2D eigenvalue weighted by atomic mass is 32.1. The van der Waals surface area contributed by atoms with Crippen LogP contribution in [0.1, 0.15) is 0 Å². The van der Waals surface area contributed by atoms with Crippen molar-refractivity contribution in [2.24, 2.45) is 0 Å². The number of rotatable bonds is 2. The molecule has 19 heavy (non-hydrogen) atoms. The van der Waals surface area contributed by atoms with Crippen LogP contribution >= 0.6 is 12.2 Å². The zero-order valence-corrected chi connectivity index (χ0v) is 10.9. The molecule has 0 aliphatic rings. The normalized spacial score (nSPS) is 10.8. The lowest BCUT2D eigenvalue weighted by atomic mass is 10.2. The van der Waals surface area contributed by atoms with Crippen molar-refractivity contribution in [3.63, 3.8) is 0 Å². The van der Waals surface area contributed by atoms with E-state index in [-0.39, 0.29) is 5.82 Å². The van der Waals surface area contributed by atoms with Gasteiger partial charge in [0, 0.05) is 12.3 Å². The third-order valence-electron chi connectivity index (χ3n) is 2.88. The van der Waals surface area contributed by atoms with E-state index >= 15 is 0 Å². The molecule has 2 heterocycles. The van der Waals surface area contributed by atoms with Crippen molar-refractivity contribution in [2.45, 2.75) is 0 Å². The lowest BCUT2D eigenvalue weighted by molar-refractivity contribution is 0.413. The number of pyridine rings is 1. The molecule has 4 nitrogen and oxygen atoms in total. The molecule has 0 saturated carbocycles. The molecule has 0 aliphatic heterocycles. The molecule has 0 bridgehead atoms. The number of fused-ring (bicyclic) bond motifs is 1. The van der Waals surface area contributed by atoms with Gasteiger partial charge in [-0.25, -0.2) is 4.39 Å². The quantitative estimate of drug-likeness (QED) is 0.730. The van der Waals surface area contributed by atoms with Crippen LogP contribution in [0.25, 0.3) is 16.7 Å². The summed E-state index contributed by atoms with van der Waals surface area (Å²) >= 11 is 5.25. The van der Waals surface area contributed by atoms with E-state index in [0.29, 0.717) is 16.2 Å². The molecule has 0 aliphatic carbocycles. The van der Waals surface area contributed by atoms with Crippen LogP contribution in [0.3, 0.4) is 0 Å². The van der Waals surface area contributed by atoms with E-state index in [2.05, 4.69) is 9.97 Å². The van der Waals surface area contributed by atoms with Crippen molar-refractivity contribution in [1.82, 2.24) is 14.5 Å². The van der Waals surface area contributed by atoms with Gasteiger partial charge >= 0.3 is 0 Å². The fraction of sp³-hybridized carbons (Fsp3) is 0.0769. The number of halogens is 1. The predicted molar refractivity (Wildman–Crippen MR) is 72.8 cm³/mol. The molecule has 1 N–H and O–H groups in total. The van der Waals surface area contributed by atoms with E-state index in [1.54, 1.807) is 35.2 Å². The first kappa shape index (κ1) is 11.9. The highest BCUT2D eigenvalue weighted by Crippen LogP contribution is 2.24. The van der Waals surface area contributed by atoms with Gasteiger partial charge in [0.1, 0.15) is 11.6 Å². The van der Waals surface area contributed by atoms with Gasteiger partial charge in [0.2, 0.25) is 0 Å². The van der Waals surface area contributed by atoms with Crippen LogP contribution in [0.2, 0.25) is 0 Å². The standard InChI is InChI=1S/C13H10FN3OS/c1-18-8-2-3-9(14)12(6-8)17-11-4-5-15-7-10(11)16-13(17)19/h2-7H,1H3,(H,16,19). The summed E-state index contributed by atoms with van der Waals surface area (Å²) in [6, 6.07) is 6.31. The zero-order chi connectivity index (χ0) is 13.4. The lowest BCUT2D eigenvalue weighted by Crippen LogP contribution is -1.98. The Balaban J connectivity index is 2.36. The van der Waals surface area contributed by atoms with Crippen LogP contribution in [-0.4, -0.2) is 21.6 Å². The minimum absolute atomic E-state index is 0.349.